The number of Topliss-reactive ketones (excluding diaryl/α,β-unsaturated/α-hetero) is 1. The zero-order valence-corrected chi connectivity index (χ0v) is 31.6. The molecule has 3 atom stereocenters. The van der Waals surface area contributed by atoms with Crippen molar-refractivity contribution < 1.29 is 42.7 Å². The van der Waals surface area contributed by atoms with Crippen LogP contribution in [0.15, 0.2) is 72.8 Å². The van der Waals surface area contributed by atoms with Crippen molar-refractivity contribution in [3.05, 3.63) is 94.5 Å². The van der Waals surface area contributed by atoms with Crippen LogP contribution in [0.3, 0.4) is 0 Å². The SMILES string of the molecule is CCCCCCCCCCCCOC(=O)c1ccc(Cl)c(NC(=O)C(C(=O)c2ccc(OC)cc2)[N+]2(Cc3ccccc3)C(=O)NC(=O)C2OCC)c1. The highest BCUT2D eigenvalue weighted by Gasteiger charge is 2.65. The van der Waals surface area contributed by atoms with Crippen LogP contribution < -0.4 is 15.4 Å². The molecule has 11 nitrogen and oxygen atoms in total. The van der Waals surface area contributed by atoms with Crippen molar-refractivity contribution in [2.75, 3.05) is 25.6 Å². The van der Waals surface area contributed by atoms with Gasteiger partial charge in [0.05, 0.1) is 36.6 Å². The van der Waals surface area contributed by atoms with Crippen molar-refractivity contribution >= 4 is 46.9 Å². The largest absolute Gasteiger partial charge is 0.497 e. The Hall–Kier alpha value is -4.58. The second-order valence-electron chi connectivity index (χ2n) is 13.2. The summed E-state index contributed by atoms with van der Waals surface area (Å²) in [7, 11) is 1.48. The quantitative estimate of drug-likeness (QED) is 0.0262. The van der Waals surface area contributed by atoms with Crippen LogP contribution in [0.1, 0.15) is 104 Å². The molecular formula is C41H51ClN3O8+. The molecule has 12 heteroatoms. The average molecular weight is 749 g/mol. The smallest absolute Gasteiger partial charge is 0.427 e. The number of esters is 1. The van der Waals surface area contributed by atoms with Crippen LogP contribution in [0.4, 0.5) is 10.5 Å². The number of nitrogens with zero attached hydrogens (tertiary/aromatic N) is 1. The fourth-order valence-corrected chi connectivity index (χ4v) is 6.74. The summed E-state index contributed by atoms with van der Waals surface area (Å²) in [6.45, 7) is 3.89. The van der Waals surface area contributed by atoms with Gasteiger partial charge < -0.3 is 19.5 Å². The lowest BCUT2D eigenvalue weighted by Gasteiger charge is -2.39. The van der Waals surface area contributed by atoms with Crippen LogP contribution >= 0.6 is 11.6 Å². The molecule has 0 saturated carbocycles. The first-order valence-electron chi connectivity index (χ1n) is 18.5. The number of benzene rings is 3. The fraction of sp³-hybridized carbons (Fsp3) is 0.439. The molecule has 4 amide bonds. The van der Waals surface area contributed by atoms with Crippen molar-refractivity contribution in [2.24, 2.45) is 0 Å². The van der Waals surface area contributed by atoms with Crippen LogP contribution in [0, 0.1) is 0 Å². The van der Waals surface area contributed by atoms with E-state index >= 15 is 0 Å². The molecule has 2 N–H and O–H groups in total. The van der Waals surface area contributed by atoms with E-state index in [1.807, 2.05) is 0 Å². The van der Waals surface area contributed by atoms with Crippen molar-refractivity contribution in [3.63, 3.8) is 0 Å². The maximum atomic E-state index is 14.6. The third-order valence-electron chi connectivity index (χ3n) is 9.39. The van der Waals surface area contributed by atoms with E-state index in [1.165, 1.54) is 76.0 Å². The van der Waals surface area contributed by atoms with E-state index in [2.05, 4.69) is 17.6 Å². The van der Waals surface area contributed by atoms with Crippen molar-refractivity contribution in [3.8, 4) is 5.75 Å². The topological polar surface area (TPSA) is 137 Å². The molecule has 0 spiro atoms. The number of hydrogen-bond acceptors (Lipinski definition) is 8. The number of carbonyl (C=O) groups is 5. The maximum Gasteiger partial charge on any atom is 0.427 e. The summed E-state index contributed by atoms with van der Waals surface area (Å²) in [5.41, 5.74) is 0.834. The molecule has 4 rings (SSSR count). The molecule has 1 aliphatic rings. The number of ether oxygens (including phenoxy) is 3. The summed E-state index contributed by atoms with van der Waals surface area (Å²) < 4.78 is 15.6. The number of nitrogens with one attached hydrogen (secondary N) is 2. The molecule has 0 bridgehead atoms. The molecule has 53 heavy (non-hydrogen) atoms. The van der Waals surface area contributed by atoms with E-state index in [1.54, 1.807) is 49.4 Å². The summed E-state index contributed by atoms with van der Waals surface area (Å²) in [5.74, 6) is -2.58. The Morgan fingerprint density at radius 2 is 1.45 bits per heavy atom. The lowest BCUT2D eigenvalue weighted by molar-refractivity contribution is -0.901. The molecule has 284 valence electrons. The number of rotatable bonds is 22. The van der Waals surface area contributed by atoms with E-state index in [0.29, 0.717) is 11.3 Å². The molecule has 0 radical (unpaired) electrons. The number of imide groups is 1. The Morgan fingerprint density at radius 1 is 0.830 bits per heavy atom. The van der Waals surface area contributed by atoms with Gasteiger partial charge in [0.25, 0.3) is 12.1 Å². The van der Waals surface area contributed by atoms with Crippen LogP contribution in [-0.2, 0) is 25.6 Å². The summed E-state index contributed by atoms with van der Waals surface area (Å²) in [6.07, 6.45) is 9.98. The predicted molar refractivity (Wildman–Crippen MR) is 203 cm³/mol. The number of hydrogen-bond donors (Lipinski definition) is 2. The minimum absolute atomic E-state index is 0.0142. The number of methoxy groups -OCH3 is 1. The predicted octanol–water partition coefficient (Wildman–Crippen LogP) is 8.25. The summed E-state index contributed by atoms with van der Waals surface area (Å²) in [5, 5.41) is 5.07. The number of quaternary nitrogens is 1. The molecule has 0 aliphatic carbocycles. The zero-order chi connectivity index (χ0) is 38.2. The van der Waals surface area contributed by atoms with E-state index in [0.717, 1.165) is 25.7 Å². The third-order valence-corrected chi connectivity index (χ3v) is 9.72. The first-order valence-corrected chi connectivity index (χ1v) is 18.9. The van der Waals surface area contributed by atoms with E-state index < -0.39 is 46.4 Å². The number of anilines is 1. The highest BCUT2D eigenvalue weighted by molar-refractivity contribution is 6.34. The second-order valence-corrected chi connectivity index (χ2v) is 13.6. The normalized spacial score (nSPS) is 17.2. The van der Waals surface area contributed by atoms with E-state index in [-0.39, 0.29) is 41.6 Å². The Kier molecular flexibility index (Phi) is 16.0. The summed E-state index contributed by atoms with van der Waals surface area (Å²) in [4.78, 5) is 69.4. The number of unbranched alkanes of at least 4 members (excludes halogenated alkanes) is 9. The van der Waals surface area contributed by atoms with Crippen LogP contribution in [-0.4, -0.2) is 66.7 Å². The van der Waals surface area contributed by atoms with Gasteiger partial charge in [0.2, 0.25) is 11.8 Å². The molecule has 1 aliphatic heterocycles. The minimum atomic E-state index is -1.84. The fourth-order valence-electron chi connectivity index (χ4n) is 6.58. The number of amides is 4. The Balaban J connectivity index is 1.58. The molecule has 1 fully saturated rings. The first kappa shape index (κ1) is 41.2. The number of urea groups is 1. The molecule has 3 aromatic rings. The Labute approximate surface area is 316 Å². The van der Waals surface area contributed by atoms with Gasteiger partial charge in [-0.3, -0.25) is 14.4 Å². The van der Waals surface area contributed by atoms with Gasteiger partial charge in [-0.25, -0.2) is 14.9 Å². The first-order chi connectivity index (χ1) is 25.7. The molecule has 1 heterocycles. The summed E-state index contributed by atoms with van der Waals surface area (Å²) >= 11 is 6.53. The summed E-state index contributed by atoms with van der Waals surface area (Å²) in [6, 6.07) is 16.4. The van der Waals surface area contributed by atoms with Gasteiger partial charge in [0.1, 0.15) is 12.3 Å². The zero-order valence-electron chi connectivity index (χ0n) is 30.9. The lowest BCUT2D eigenvalue weighted by Crippen LogP contribution is -2.68. The molecule has 3 aromatic carbocycles. The number of halogens is 1. The Bertz CT molecular complexity index is 1700. The van der Waals surface area contributed by atoms with Crippen molar-refractivity contribution in [1.82, 2.24) is 5.32 Å². The monoisotopic (exact) mass is 748 g/mol. The van der Waals surface area contributed by atoms with E-state index in [4.69, 9.17) is 25.8 Å². The van der Waals surface area contributed by atoms with Gasteiger partial charge in [-0.2, -0.15) is 4.48 Å². The highest BCUT2D eigenvalue weighted by Crippen LogP contribution is 2.34. The van der Waals surface area contributed by atoms with Gasteiger partial charge in [0, 0.05) is 11.1 Å². The van der Waals surface area contributed by atoms with Crippen molar-refractivity contribution in [1.29, 1.82) is 0 Å². The lowest BCUT2D eigenvalue weighted by atomic mass is 9.97. The van der Waals surface area contributed by atoms with E-state index in [9.17, 15) is 24.0 Å². The van der Waals surface area contributed by atoms with Crippen LogP contribution in [0.25, 0.3) is 0 Å². The van der Waals surface area contributed by atoms with Gasteiger partial charge in [-0.05, 0) is 55.8 Å². The standard InChI is InChI=1S/C41H50ClN3O8/c1-4-6-7-8-9-10-11-12-13-17-26-53-40(49)31-22-25-33(42)34(27-31)43-37(47)35(36(46)30-20-23-32(51-3)24-21-30)45(28-29-18-15-14-16-19-29)39(52-5-2)38(48)44-41(45)50/h14-16,18-25,27,35,39H,4-13,17,26,28H2,1-3H3,(H-,43,44,47,48,50)/p+1. The molecule has 1 saturated heterocycles. The van der Waals surface area contributed by atoms with Gasteiger partial charge in [0.15, 0.2) is 0 Å². The van der Waals surface area contributed by atoms with Gasteiger partial charge >= 0.3 is 17.9 Å². The number of carbonyl (C=O) groups excluding carboxylic acids is 5. The molecular weight excluding hydrogens is 698 g/mol. The van der Waals surface area contributed by atoms with Crippen molar-refractivity contribution in [2.45, 2.75) is 96.9 Å². The third kappa shape index (κ3) is 10.7. The highest BCUT2D eigenvalue weighted by atomic mass is 35.5. The van der Waals surface area contributed by atoms with Gasteiger partial charge in [-0.1, -0.05) is 107 Å². The Morgan fingerprint density at radius 3 is 2.08 bits per heavy atom. The maximum absolute atomic E-state index is 14.6. The van der Waals surface area contributed by atoms with Crippen LogP contribution in [0.5, 0.6) is 5.75 Å². The average Bonchev–Trinajstić information content (AvgIpc) is 3.39. The minimum Gasteiger partial charge on any atom is -0.497 e. The van der Waals surface area contributed by atoms with Crippen LogP contribution in [0.2, 0.25) is 5.02 Å². The molecule has 3 unspecified atom stereocenters. The second kappa shape index (κ2) is 20.6. The number of ketones is 1. The van der Waals surface area contributed by atoms with Gasteiger partial charge in [-0.15, -0.1) is 0 Å². The molecule has 0 aromatic heterocycles.